The molecule has 0 aromatic heterocycles. The highest BCUT2D eigenvalue weighted by atomic mass is 28.5. The maximum atomic E-state index is 12.3. The second-order valence-electron chi connectivity index (χ2n) is 25.0. The van der Waals surface area contributed by atoms with Crippen LogP contribution in [0.3, 0.4) is 0 Å². The molecule has 0 bridgehead atoms. The first-order chi connectivity index (χ1) is 38.7. The molecule has 1 atom stereocenters. The lowest BCUT2D eigenvalue weighted by atomic mass is 10.1. The fourth-order valence-corrected chi connectivity index (χ4v) is 22.1. The number of hydroxylamine groups is 2. The lowest BCUT2D eigenvalue weighted by molar-refractivity contribution is -0.146. The number of hydrogen-bond acceptors (Lipinski definition) is 17. The number of nitrogens with one attached hydrogen (secondary N) is 2. The molecule has 0 aliphatic rings. The molecule has 0 aromatic carbocycles. The third kappa shape index (κ3) is 58.2. The molecule has 22 heteroatoms. The van der Waals surface area contributed by atoms with Crippen molar-refractivity contribution in [3.05, 3.63) is 0 Å². The second kappa shape index (κ2) is 51.9. The Morgan fingerprint density at radius 3 is 1.41 bits per heavy atom. The maximum Gasteiger partial charge on any atom is 0.426 e. The van der Waals surface area contributed by atoms with Gasteiger partial charge in [0.25, 0.3) is 0 Å². The van der Waals surface area contributed by atoms with Crippen LogP contribution < -0.4 is 10.6 Å². The minimum atomic E-state index is -2.13. The fourth-order valence-electron chi connectivity index (χ4n) is 8.96. The van der Waals surface area contributed by atoms with E-state index >= 15 is 0 Å². The van der Waals surface area contributed by atoms with Gasteiger partial charge in [0.2, 0.25) is 0 Å². The quantitative estimate of drug-likeness (QED) is 0.0193. The molecular formula is C60H129N7O12Si3. The molecule has 0 spiro atoms. The van der Waals surface area contributed by atoms with Gasteiger partial charge in [-0.05, 0) is 210 Å². The van der Waals surface area contributed by atoms with Crippen molar-refractivity contribution < 1.29 is 55.9 Å². The molecule has 2 amide bonds. The van der Waals surface area contributed by atoms with Crippen molar-refractivity contribution in [3.63, 3.8) is 0 Å². The molecule has 19 nitrogen and oxygen atoms in total. The highest BCUT2D eigenvalue weighted by molar-refractivity contribution is 6.87. The highest BCUT2D eigenvalue weighted by Gasteiger charge is 2.38. The Morgan fingerprint density at radius 2 is 0.927 bits per heavy atom. The number of hydrogen-bond donors (Lipinski definition) is 2. The number of unbranched alkanes of at least 4 members (excludes halogenated alkanes) is 8. The molecule has 82 heavy (non-hydrogen) atoms. The van der Waals surface area contributed by atoms with Crippen molar-refractivity contribution >= 4 is 49.3 Å². The number of carbonyl (C=O) groups excluding carboxylic acids is 4. The van der Waals surface area contributed by atoms with Crippen LogP contribution in [0.2, 0.25) is 51.4 Å². The lowest BCUT2D eigenvalue weighted by Crippen LogP contribution is -2.52. The van der Waals surface area contributed by atoms with Crippen LogP contribution in [0.4, 0.5) is 9.59 Å². The molecule has 0 aromatic rings. The standard InChI is InChI=1S/C35H78N4O7Si3.C25H51N3O5/c1-13-47(7,8)45-49(11,12)46-48(9,10)31-21-28-42-29-30-43-34(40)22-17-15-14-16-18-23-36-35(41)44-33(2)32-39(26-19-24-37(3)4)27-20-25-38(5)6;1-6-20-31-21-22-32-24(29)15-10-8-7-9-11-16-26-25(30)33-28(18-12-14-23(2)3)19-13-17-27(4)5/h33H,13-32H2,1-12H3,(H,36,41);23H,6-22H2,1-5H3,(H,26,30). The summed E-state index contributed by atoms with van der Waals surface area (Å²) in [6.45, 7) is 35.5. The van der Waals surface area contributed by atoms with E-state index in [1.165, 1.54) is 0 Å². The van der Waals surface area contributed by atoms with Crippen LogP contribution in [-0.2, 0) is 46.3 Å². The van der Waals surface area contributed by atoms with Crippen molar-refractivity contribution in [2.45, 2.75) is 214 Å². The summed E-state index contributed by atoms with van der Waals surface area (Å²) in [5.41, 5.74) is 0. The largest absolute Gasteiger partial charge is 0.463 e. The Bertz CT molecular complexity index is 1530. The summed E-state index contributed by atoms with van der Waals surface area (Å²) < 4.78 is 40.2. The van der Waals surface area contributed by atoms with Gasteiger partial charge in [0, 0.05) is 58.8 Å². The van der Waals surface area contributed by atoms with Gasteiger partial charge in [0.1, 0.15) is 19.3 Å². The molecule has 0 radical (unpaired) electrons. The first-order valence-corrected chi connectivity index (χ1v) is 40.9. The van der Waals surface area contributed by atoms with E-state index in [9.17, 15) is 19.2 Å². The number of carbonyl (C=O) groups is 4. The monoisotopic (exact) mass is 1220 g/mol. The minimum absolute atomic E-state index is 0.150. The predicted molar refractivity (Wildman–Crippen MR) is 344 cm³/mol. The maximum absolute atomic E-state index is 12.3. The summed E-state index contributed by atoms with van der Waals surface area (Å²) in [4.78, 5) is 62.7. The van der Waals surface area contributed by atoms with E-state index in [-0.39, 0.29) is 30.2 Å². The van der Waals surface area contributed by atoms with Gasteiger partial charge in [-0.25, -0.2) is 9.59 Å². The van der Waals surface area contributed by atoms with Gasteiger partial charge in [0.05, 0.1) is 13.2 Å². The fraction of sp³-hybridized carbons (Fsp3) is 0.933. The molecule has 1 unspecified atom stereocenters. The molecule has 0 heterocycles. The SMILES string of the molecule is CCCOCCOC(=O)CCCCCCCNC(=O)ON(CCCC(C)C)CCCN(C)C.CC[Si](C)(C)O[Si](C)(C)O[Si](C)(C)CCCOCCOC(=O)CCCCCCCNC(=O)OC(C)CN(CCCN(C)C)CCCN(C)C. The van der Waals surface area contributed by atoms with E-state index in [2.05, 4.69) is 118 Å². The molecule has 0 fully saturated rings. The smallest absolute Gasteiger partial charge is 0.426 e. The molecule has 0 saturated heterocycles. The van der Waals surface area contributed by atoms with Gasteiger partial charge >= 0.3 is 32.7 Å². The van der Waals surface area contributed by atoms with E-state index < -0.39 is 25.2 Å². The zero-order valence-electron chi connectivity index (χ0n) is 56.0. The molecule has 0 aliphatic carbocycles. The third-order valence-corrected chi connectivity index (χ3v) is 25.0. The molecule has 2 N–H and O–H groups in total. The van der Waals surface area contributed by atoms with Crippen molar-refractivity contribution in [1.29, 1.82) is 0 Å². The lowest BCUT2D eigenvalue weighted by Gasteiger charge is -2.38. The minimum Gasteiger partial charge on any atom is -0.463 e. The highest BCUT2D eigenvalue weighted by Crippen LogP contribution is 2.25. The Morgan fingerprint density at radius 1 is 0.476 bits per heavy atom. The molecular weight excluding hydrogens is 1090 g/mol. The topological polar surface area (TPSA) is 182 Å². The van der Waals surface area contributed by atoms with E-state index in [4.69, 9.17) is 36.8 Å². The van der Waals surface area contributed by atoms with Gasteiger partial charge in [-0.3, -0.25) is 14.5 Å². The predicted octanol–water partition coefficient (Wildman–Crippen LogP) is 11.4. The first kappa shape index (κ1) is 81.8. The van der Waals surface area contributed by atoms with Crippen LogP contribution in [0.5, 0.6) is 0 Å². The van der Waals surface area contributed by atoms with Crippen molar-refractivity contribution in [2.24, 2.45) is 5.92 Å². The number of rotatable bonds is 53. The molecule has 0 saturated carbocycles. The Balaban J connectivity index is 0. The van der Waals surface area contributed by atoms with Crippen LogP contribution in [0, 0.1) is 5.92 Å². The van der Waals surface area contributed by atoms with Crippen molar-refractivity contribution in [1.82, 2.24) is 35.3 Å². The summed E-state index contributed by atoms with van der Waals surface area (Å²) in [6, 6.07) is 2.12. The normalized spacial score (nSPS) is 12.6. The Hall–Kier alpha value is -2.23. The average molecular weight is 1220 g/mol. The van der Waals surface area contributed by atoms with Gasteiger partial charge in [-0.15, -0.1) is 5.06 Å². The van der Waals surface area contributed by atoms with Crippen LogP contribution >= 0.6 is 0 Å². The molecule has 0 rings (SSSR count). The van der Waals surface area contributed by atoms with Gasteiger partial charge in [0.15, 0.2) is 16.6 Å². The summed E-state index contributed by atoms with van der Waals surface area (Å²) in [7, 11) is 6.88. The second-order valence-corrected chi connectivity index (χ2v) is 37.6. The van der Waals surface area contributed by atoms with Crippen LogP contribution in [0.25, 0.3) is 0 Å². The van der Waals surface area contributed by atoms with Crippen LogP contribution in [0.1, 0.15) is 157 Å². The van der Waals surface area contributed by atoms with Gasteiger partial charge < -0.3 is 62.1 Å². The van der Waals surface area contributed by atoms with Crippen LogP contribution in [-0.4, -0.2) is 227 Å². The summed E-state index contributed by atoms with van der Waals surface area (Å²) in [6.07, 6.45) is 16.7. The number of alkyl carbamates (subject to hydrolysis) is 1. The van der Waals surface area contributed by atoms with E-state index in [1.807, 2.05) is 27.9 Å². The van der Waals surface area contributed by atoms with E-state index in [1.54, 1.807) is 5.06 Å². The first-order valence-electron chi connectivity index (χ1n) is 31.9. The molecule has 488 valence electrons. The molecule has 0 aliphatic heterocycles. The van der Waals surface area contributed by atoms with E-state index in [0.717, 1.165) is 174 Å². The van der Waals surface area contributed by atoms with Gasteiger partial charge in [-0.2, -0.15) is 0 Å². The third-order valence-electron chi connectivity index (χ3n) is 13.3. The number of amides is 2. The Kier molecular flexibility index (Phi) is 51.8. The average Bonchev–Trinajstić information content (AvgIpc) is 3.43. The van der Waals surface area contributed by atoms with Crippen LogP contribution in [0.15, 0.2) is 0 Å². The summed E-state index contributed by atoms with van der Waals surface area (Å²) >= 11 is 0. The number of ether oxygens (including phenoxy) is 5. The zero-order chi connectivity index (χ0) is 62.1. The number of esters is 2. The number of nitrogens with zero attached hydrogens (tertiary/aromatic N) is 5. The Labute approximate surface area is 505 Å². The zero-order valence-corrected chi connectivity index (χ0v) is 59.0. The van der Waals surface area contributed by atoms with Crippen molar-refractivity contribution in [3.8, 4) is 0 Å². The van der Waals surface area contributed by atoms with Gasteiger partial charge in [-0.1, -0.05) is 66.2 Å². The van der Waals surface area contributed by atoms with E-state index in [0.29, 0.717) is 71.5 Å². The summed E-state index contributed by atoms with van der Waals surface area (Å²) in [5, 5.41) is 7.55. The van der Waals surface area contributed by atoms with Crippen molar-refractivity contribution in [2.75, 3.05) is 147 Å². The summed E-state index contributed by atoms with van der Waals surface area (Å²) in [5.74, 6) is 0.338.